The van der Waals surface area contributed by atoms with E-state index in [0.717, 1.165) is 37.7 Å². The molecule has 0 radical (unpaired) electrons. The number of hydrogen-bond acceptors (Lipinski definition) is 4. The molecule has 0 spiro atoms. The summed E-state index contributed by atoms with van der Waals surface area (Å²) in [5.41, 5.74) is 2.40. The standard InChI is InChI=1S/C18H26N2O4S2/c1-25(21,22)20-16-7-8-17(20)12-15(11-16)19-26(23,24)18-9-6-13-4-2-3-5-14(13)10-18/h6,9-10,15-17,19H,2-5,7-8,11-12H2,1H3. The van der Waals surface area contributed by atoms with Gasteiger partial charge < -0.3 is 0 Å². The predicted octanol–water partition coefficient (Wildman–Crippen LogP) is 1.80. The van der Waals surface area contributed by atoms with Crippen LogP contribution in [0.5, 0.6) is 0 Å². The first kappa shape index (κ1) is 18.4. The van der Waals surface area contributed by atoms with E-state index in [9.17, 15) is 16.8 Å². The molecule has 0 amide bonds. The number of aryl methyl sites for hydroxylation is 2. The first-order chi connectivity index (χ1) is 12.2. The molecule has 6 nitrogen and oxygen atoms in total. The molecule has 2 fully saturated rings. The molecule has 1 aromatic carbocycles. The lowest BCUT2D eigenvalue weighted by atomic mass is 9.92. The highest BCUT2D eigenvalue weighted by atomic mass is 32.2. The Morgan fingerprint density at radius 2 is 1.58 bits per heavy atom. The Bertz CT molecular complexity index is 897. The maximum absolute atomic E-state index is 12.9. The minimum atomic E-state index is -3.58. The summed E-state index contributed by atoms with van der Waals surface area (Å²) in [6.07, 6.45) is 8.21. The van der Waals surface area contributed by atoms with Crippen molar-refractivity contribution >= 4 is 20.0 Å². The monoisotopic (exact) mass is 398 g/mol. The first-order valence-corrected chi connectivity index (χ1v) is 12.7. The van der Waals surface area contributed by atoms with E-state index in [1.54, 1.807) is 10.4 Å². The van der Waals surface area contributed by atoms with Gasteiger partial charge in [-0.1, -0.05) is 6.07 Å². The zero-order valence-electron chi connectivity index (χ0n) is 15.0. The van der Waals surface area contributed by atoms with Gasteiger partial charge in [0.15, 0.2) is 0 Å². The Morgan fingerprint density at radius 1 is 0.962 bits per heavy atom. The van der Waals surface area contributed by atoms with Crippen molar-refractivity contribution in [2.75, 3.05) is 6.26 Å². The van der Waals surface area contributed by atoms with E-state index in [-0.39, 0.29) is 18.1 Å². The van der Waals surface area contributed by atoms with Gasteiger partial charge in [-0.15, -0.1) is 0 Å². The van der Waals surface area contributed by atoms with Gasteiger partial charge in [0, 0.05) is 18.1 Å². The summed E-state index contributed by atoms with van der Waals surface area (Å²) in [7, 11) is -6.82. The summed E-state index contributed by atoms with van der Waals surface area (Å²) in [5.74, 6) is 0. The van der Waals surface area contributed by atoms with Gasteiger partial charge in [0.2, 0.25) is 20.0 Å². The summed E-state index contributed by atoms with van der Waals surface area (Å²) >= 11 is 0. The number of piperidine rings is 1. The van der Waals surface area contributed by atoms with E-state index in [4.69, 9.17) is 0 Å². The molecule has 2 atom stereocenters. The molecule has 1 N–H and O–H groups in total. The highest BCUT2D eigenvalue weighted by molar-refractivity contribution is 7.89. The fraction of sp³-hybridized carbons (Fsp3) is 0.667. The van der Waals surface area contributed by atoms with Gasteiger partial charge in [0.1, 0.15) is 0 Å². The van der Waals surface area contributed by atoms with Crippen LogP contribution in [0.3, 0.4) is 0 Å². The zero-order valence-corrected chi connectivity index (χ0v) is 16.7. The normalized spacial score (nSPS) is 29.5. The number of sulfonamides is 2. The largest absolute Gasteiger partial charge is 0.240 e. The Kier molecular flexibility index (Phi) is 4.66. The number of benzene rings is 1. The fourth-order valence-electron chi connectivity index (χ4n) is 4.94. The number of hydrogen-bond donors (Lipinski definition) is 1. The van der Waals surface area contributed by atoms with Crippen LogP contribution in [0.4, 0.5) is 0 Å². The van der Waals surface area contributed by atoms with E-state index >= 15 is 0 Å². The topological polar surface area (TPSA) is 83.6 Å². The Morgan fingerprint density at radius 3 is 2.19 bits per heavy atom. The third kappa shape index (κ3) is 3.44. The summed E-state index contributed by atoms with van der Waals surface area (Å²) < 4.78 is 54.1. The second-order valence-corrected chi connectivity index (χ2v) is 11.5. The minimum Gasteiger partial charge on any atom is -0.212 e. The summed E-state index contributed by atoms with van der Waals surface area (Å²) in [6.45, 7) is 0. The molecule has 2 bridgehead atoms. The molecule has 144 valence electrons. The van der Waals surface area contributed by atoms with Crippen molar-refractivity contribution in [2.24, 2.45) is 0 Å². The molecular weight excluding hydrogens is 372 g/mol. The van der Waals surface area contributed by atoms with Crippen LogP contribution >= 0.6 is 0 Å². The zero-order chi connectivity index (χ0) is 18.5. The van der Waals surface area contributed by atoms with Gasteiger partial charge in [-0.3, -0.25) is 0 Å². The molecule has 2 aliphatic heterocycles. The van der Waals surface area contributed by atoms with Crippen LogP contribution < -0.4 is 4.72 Å². The van der Waals surface area contributed by atoms with Crippen molar-refractivity contribution in [2.45, 2.75) is 74.4 Å². The average molecular weight is 399 g/mol. The van der Waals surface area contributed by atoms with Gasteiger partial charge >= 0.3 is 0 Å². The van der Waals surface area contributed by atoms with Crippen LogP contribution in [-0.4, -0.2) is 45.5 Å². The molecule has 2 unspecified atom stereocenters. The third-order valence-electron chi connectivity index (χ3n) is 6.00. The molecule has 1 aromatic rings. The Hall–Kier alpha value is -0.960. The highest BCUT2D eigenvalue weighted by Crippen LogP contribution is 2.38. The van der Waals surface area contributed by atoms with Crippen molar-refractivity contribution in [1.29, 1.82) is 0 Å². The number of fused-ring (bicyclic) bond motifs is 3. The Labute approximate surface area is 156 Å². The summed E-state index contributed by atoms with van der Waals surface area (Å²) in [5, 5.41) is 0. The van der Waals surface area contributed by atoms with Crippen molar-refractivity contribution in [3.8, 4) is 0 Å². The highest BCUT2D eigenvalue weighted by Gasteiger charge is 2.46. The molecule has 2 heterocycles. The molecule has 26 heavy (non-hydrogen) atoms. The van der Waals surface area contributed by atoms with Gasteiger partial charge in [-0.05, 0) is 74.6 Å². The van der Waals surface area contributed by atoms with Crippen molar-refractivity contribution < 1.29 is 16.8 Å². The summed E-state index contributed by atoms with van der Waals surface area (Å²) in [4.78, 5) is 0.330. The lowest BCUT2D eigenvalue weighted by Crippen LogP contribution is -2.52. The van der Waals surface area contributed by atoms with Crippen molar-refractivity contribution in [1.82, 2.24) is 9.03 Å². The molecule has 1 aliphatic carbocycles. The van der Waals surface area contributed by atoms with Gasteiger partial charge in [0.05, 0.1) is 11.2 Å². The Balaban J connectivity index is 1.51. The van der Waals surface area contributed by atoms with E-state index in [2.05, 4.69) is 4.72 Å². The third-order valence-corrected chi connectivity index (χ3v) is 8.88. The predicted molar refractivity (Wildman–Crippen MR) is 99.9 cm³/mol. The van der Waals surface area contributed by atoms with Gasteiger partial charge in [-0.25, -0.2) is 21.6 Å². The average Bonchev–Trinajstić information content (AvgIpc) is 2.86. The van der Waals surface area contributed by atoms with E-state index in [1.165, 1.54) is 18.2 Å². The van der Waals surface area contributed by atoms with Crippen LogP contribution in [-0.2, 0) is 32.9 Å². The van der Waals surface area contributed by atoms with Crippen molar-refractivity contribution in [3.63, 3.8) is 0 Å². The molecule has 0 aromatic heterocycles. The number of rotatable bonds is 4. The van der Waals surface area contributed by atoms with E-state index < -0.39 is 20.0 Å². The maximum atomic E-state index is 12.9. The molecule has 4 rings (SSSR count). The van der Waals surface area contributed by atoms with Crippen LogP contribution in [0, 0.1) is 0 Å². The molecule has 2 saturated heterocycles. The lowest BCUT2D eigenvalue weighted by Gasteiger charge is -2.37. The number of nitrogens with zero attached hydrogens (tertiary/aromatic N) is 1. The summed E-state index contributed by atoms with van der Waals surface area (Å²) in [6, 6.07) is 5.09. The van der Waals surface area contributed by atoms with Crippen LogP contribution in [0.2, 0.25) is 0 Å². The van der Waals surface area contributed by atoms with Gasteiger partial charge in [0.25, 0.3) is 0 Å². The van der Waals surface area contributed by atoms with Crippen LogP contribution in [0.25, 0.3) is 0 Å². The van der Waals surface area contributed by atoms with E-state index in [1.807, 2.05) is 12.1 Å². The van der Waals surface area contributed by atoms with Gasteiger partial charge in [-0.2, -0.15) is 4.31 Å². The molecule has 0 saturated carbocycles. The van der Waals surface area contributed by atoms with Crippen molar-refractivity contribution in [3.05, 3.63) is 29.3 Å². The quantitative estimate of drug-likeness (QED) is 0.838. The second-order valence-electron chi connectivity index (χ2n) is 7.91. The number of nitrogens with one attached hydrogen (secondary N) is 1. The first-order valence-electron chi connectivity index (χ1n) is 9.37. The smallest absolute Gasteiger partial charge is 0.212 e. The molecule has 8 heteroatoms. The fourth-order valence-corrected chi connectivity index (χ4v) is 7.71. The van der Waals surface area contributed by atoms with Crippen LogP contribution in [0.1, 0.15) is 49.7 Å². The minimum absolute atomic E-state index is 0.0833. The lowest BCUT2D eigenvalue weighted by molar-refractivity contribution is 0.221. The molecule has 3 aliphatic rings. The van der Waals surface area contributed by atoms with Crippen LogP contribution in [0.15, 0.2) is 23.1 Å². The molecular formula is C18H26N2O4S2. The second kappa shape index (κ2) is 6.58. The van der Waals surface area contributed by atoms with E-state index in [0.29, 0.717) is 17.7 Å². The SMILES string of the molecule is CS(=O)(=O)N1C2CCC1CC(NS(=O)(=O)c1ccc3c(c1)CCCC3)C2. The maximum Gasteiger partial charge on any atom is 0.240 e.